The Bertz CT molecular complexity index is 785. The third kappa shape index (κ3) is 3.71. The molecule has 0 spiro atoms. The van der Waals surface area contributed by atoms with Gasteiger partial charge in [-0.3, -0.25) is 14.6 Å². The van der Waals surface area contributed by atoms with Gasteiger partial charge < -0.3 is 15.4 Å². The van der Waals surface area contributed by atoms with Gasteiger partial charge in [0.2, 0.25) is 0 Å². The summed E-state index contributed by atoms with van der Waals surface area (Å²) >= 11 is 0. The van der Waals surface area contributed by atoms with Crippen molar-refractivity contribution in [1.82, 2.24) is 10.3 Å². The van der Waals surface area contributed by atoms with E-state index in [1.165, 1.54) is 12.3 Å². The predicted octanol–water partition coefficient (Wildman–Crippen LogP) is 2.54. The van der Waals surface area contributed by atoms with Crippen LogP contribution >= 0.6 is 0 Å². The molecular weight excluding hydrogens is 306 g/mol. The lowest BCUT2D eigenvalue weighted by Gasteiger charge is -2.11. The lowest BCUT2D eigenvalue weighted by atomic mass is 10.2. The van der Waals surface area contributed by atoms with Crippen LogP contribution in [-0.4, -0.2) is 29.9 Å². The summed E-state index contributed by atoms with van der Waals surface area (Å²) in [6, 6.07) is 8.87. The molecule has 0 atom stereocenters. The largest absolute Gasteiger partial charge is 0.495 e. The molecule has 2 N–H and O–H groups in total. The minimum absolute atomic E-state index is 0.179. The first-order valence-corrected chi connectivity index (χ1v) is 7.79. The van der Waals surface area contributed by atoms with Crippen LogP contribution in [-0.2, 0) is 0 Å². The van der Waals surface area contributed by atoms with Crippen LogP contribution < -0.4 is 15.4 Å². The molecule has 6 heteroatoms. The predicted molar refractivity (Wildman–Crippen MR) is 90.4 cm³/mol. The zero-order valence-electron chi connectivity index (χ0n) is 13.6. The van der Waals surface area contributed by atoms with Crippen molar-refractivity contribution in [2.45, 2.75) is 25.8 Å². The molecule has 124 valence electrons. The minimum Gasteiger partial charge on any atom is -0.495 e. The summed E-state index contributed by atoms with van der Waals surface area (Å²) < 4.78 is 5.25. The number of nitrogens with one attached hydrogen (secondary N) is 2. The average Bonchev–Trinajstić information content (AvgIpc) is 3.39. The molecule has 1 aliphatic rings. The molecule has 1 saturated carbocycles. The third-order valence-electron chi connectivity index (χ3n) is 3.77. The second-order valence-corrected chi connectivity index (χ2v) is 5.84. The first-order valence-electron chi connectivity index (χ1n) is 7.79. The molecule has 0 aliphatic heterocycles. The molecule has 2 aromatic rings. The van der Waals surface area contributed by atoms with Crippen LogP contribution in [0.4, 0.5) is 5.69 Å². The summed E-state index contributed by atoms with van der Waals surface area (Å²) in [6.45, 7) is 1.93. The first kappa shape index (κ1) is 16.0. The van der Waals surface area contributed by atoms with Gasteiger partial charge >= 0.3 is 0 Å². The van der Waals surface area contributed by atoms with Gasteiger partial charge in [-0.2, -0.15) is 0 Å². The van der Waals surface area contributed by atoms with Crippen molar-refractivity contribution in [3.05, 3.63) is 53.3 Å². The van der Waals surface area contributed by atoms with Crippen molar-refractivity contribution in [3.63, 3.8) is 0 Å². The molecule has 1 aliphatic carbocycles. The van der Waals surface area contributed by atoms with E-state index in [1.54, 1.807) is 19.2 Å². The molecule has 0 saturated heterocycles. The molecule has 3 rings (SSSR count). The highest BCUT2D eigenvalue weighted by Crippen LogP contribution is 2.25. The Morgan fingerprint density at radius 3 is 2.67 bits per heavy atom. The number of benzene rings is 1. The van der Waals surface area contributed by atoms with E-state index in [2.05, 4.69) is 15.6 Å². The molecular formula is C18H19N3O3. The van der Waals surface area contributed by atoms with Gasteiger partial charge in [0, 0.05) is 17.8 Å². The third-order valence-corrected chi connectivity index (χ3v) is 3.77. The van der Waals surface area contributed by atoms with Crippen molar-refractivity contribution in [2.24, 2.45) is 0 Å². The number of rotatable bonds is 5. The number of nitrogens with zero attached hydrogens (tertiary/aromatic N) is 1. The van der Waals surface area contributed by atoms with Crippen molar-refractivity contribution in [3.8, 4) is 5.75 Å². The number of amides is 2. The fraction of sp³-hybridized carbons (Fsp3) is 0.278. The van der Waals surface area contributed by atoms with Gasteiger partial charge in [-0.15, -0.1) is 0 Å². The fourth-order valence-electron chi connectivity index (χ4n) is 2.30. The molecule has 1 fully saturated rings. The summed E-state index contributed by atoms with van der Waals surface area (Å²) in [4.78, 5) is 28.6. The van der Waals surface area contributed by atoms with E-state index in [-0.39, 0.29) is 23.6 Å². The average molecular weight is 325 g/mol. The van der Waals surface area contributed by atoms with Gasteiger partial charge in [0.25, 0.3) is 11.8 Å². The van der Waals surface area contributed by atoms with Gasteiger partial charge in [0.15, 0.2) is 0 Å². The summed E-state index contributed by atoms with van der Waals surface area (Å²) in [6.07, 6.45) is 3.48. The molecule has 1 heterocycles. The topological polar surface area (TPSA) is 80.3 Å². The van der Waals surface area contributed by atoms with Crippen LogP contribution in [0.25, 0.3) is 0 Å². The molecule has 6 nitrogen and oxygen atoms in total. The van der Waals surface area contributed by atoms with Crippen LogP contribution in [0.15, 0.2) is 36.5 Å². The van der Waals surface area contributed by atoms with E-state index >= 15 is 0 Å². The first-order chi connectivity index (χ1) is 11.6. The number of carbonyl (C=O) groups excluding carboxylic acids is 2. The lowest BCUT2D eigenvalue weighted by molar-refractivity contribution is 0.0951. The van der Waals surface area contributed by atoms with Gasteiger partial charge in [-0.05, 0) is 49.6 Å². The number of hydrogen-bond donors (Lipinski definition) is 2. The Kier molecular flexibility index (Phi) is 4.46. The number of methoxy groups -OCH3 is 1. The molecule has 0 bridgehead atoms. The number of carbonyl (C=O) groups is 2. The van der Waals surface area contributed by atoms with Crippen molar-refractivity contribution < 1.29 is 14.3 Å². The van der Waals surface area contributed by atoms with Gasteiger partial charge in [-0.25, -0.2) is 0 Å². The van der Waals surface area contributed by atoms with Crippen LogP contribution in [0, 0.1) is 6.92 Å². The number of aryl methyl sites for hydroxylation is 1. The van der Waals surface area contributed by atoms with E-state index in [0.717, 1.165) is 18.4 Å². The fourth-order valence-corrected chi connectivity index (χ4v) is 2.30. The van der Waals surface area contributed by atoms with Crippen LogP contribution in [0.5, 0.6) is 5.75 Å². The standard InChI is InChI=1S/C18H19N3O3/c1-11-3-6-16(24-2)14(9-11)21-18(23)15-10-12(7-8-19-15)17(22)20-13-4-5-13/h3,6-10,13H,4-5H2,1-2H3,(H,20,22)(H,21,23). The Morgan fingerprint density at radius 1 is 1.17 bits per heavy atom. The normalized spacial score (nSPS) is 13.2. The van der Waals surface area contributed by atoms with Crippen molar-refractivity contribution in [1.29, 1.82) is 0 Å². The number of aromatic nitrogens is 1. The molecule has 2 amide bonds. The summed E-state index contributed by atoms with van der Waals surface area (Å²) in [5.74, 6) is -0.00126. The quantitative estimate of drug-likeness (QED) is 0.885. The summed E-state index contributed by atoms with van der Waals surface area (Å²) in [5, 5.41) is 5.67. The summed E-state index contributed by atoms with van der Waals surface area (Å²) in [5.41, 5.74) is 2.18. The molecule has 0 unspecified atom stereocenters. The molecule has 24 heavy (non-hydrogen) atoms. The zero-order chi connectivity index (χ0) is 17.1. The smallest absolute Gasteiger partial charge is 0.274 e. The second-order valence-electron chi connectivity index (χ2n) is 5.84. The van der Waals surface area contributed by atoms with Crippen LogP contribution in [0.3, 0.4) is 0 Å². The number of hydrogen-bond acceptors (Lipinski definition) is 4. The highest BCUT2D eigenvalue weighted by atomic mass is 16.5. The van der Waals surface area contributed by atoms with E-state index in [4.69, 9.17) is 4.74 Å². The van der Waals surface area contributed by atoms with E-state index in [9.17, 15) is 9.59 Å². The Morgan fingerprint density at radius 2 is 1.96 bits per heavy atom. The Balaban J connectivity index is 1.77. The summed E-state index contributed by atoms with van der Waals surface area (Å²) in [7, 11) is 1.54. The highest BCUT2D eigenvalue weighted by Gasteiger charge is 2.24. The van der Waals surface area contributed by atoms with E-state index in [0.29, 0.717) is 17.0 Å². The van der Waals surface area contributed by atoms with Crippen molar-refractivity contribution in [2.75, 3.05) is 12.4 Å². The molecule has 1 aromatic heterocycles. The maximum Gasteiger partial charge on any atom is 0.274 e. The lowest BCUT2D eigenvalue weighted by Crippen LogP contribution is -2.26. The maximum atomic E-state index is 12.4. The molecule has 0 radical (unpaired) electrons. The Hall–Kier alpha value is -2.89. The second kappa shape index (κ2) is 6.70. The number of ether oxygens (including phenoxy) is 1. The van der Waals surface area contributed by atoms with E-state index in [1.807, 2.05) is 19.1 Å². The van der Waals surface area contributed by atoms with Gasteiger partial charge in [0.05, 0.1) is 12.8 Å². The number of pyridine rings is 1. The monoisotopic (exact) mass is 325 g/mol. The van der Waals surface area contributed by atoms with Gasteiger partial charge in [0.1, 0.15) is 11.4 Å². The van der Waals surface area contributed by atoms with Crippen LogP contribution in [0.1, 0.15) is 39.3 Å². The van der Waals surface area contributed by atoms with Crippen molar-refractivity contribution >= 4 is 17.5 Å². The van der Waals surface area contributed by atoms with E-state index < -0.39 is 0 Å². The van der Waals surface area contributed by atoms with Crippen LogP contribution in [0.2, 0.25) is 0 Å². The maximum absolute atomic E-state index is 12.4. The highest BCUT2D eigenvalue weighted by molar-refractivity contribution is 6.05. The minimum atomic E-state index is -0.389. The molecule has 1 aromatic carbocycles. The van der Waals surface area contributed by atoms with Gasteiger partial charge in [-0.1, -0.05) is 6.07 Å². The SMILES string of the molecule is COc1ccc(C)cc1NC(=O)c1cc(C(=O)NC2CC2)ccn1. The zero-order valence-corrected chi connectivity index (χ0v) is 13.6. The number of anilines is 1. The Labute approximate surface area is 140 Å².